The number of hydrogen-bond acceptors (Lipinski definition) is 8. The van der Waals surface area contributed by atoms with Gasteiger partial charge in [0.25, 0.3) is 5.56 Å². The third-order valence-corrected chi connectivity index (χ3v) is 5.46. The zero-order valence-electron chi connectivity index (χ0n) is 17.9. The predicted octanol–water partition coefficient (Wildman–Crippen LogP) is 0.867. The van der Waals surface area contributed by atoms with E-state index in [1.165, 1.54) is 10.5 Å². The van der Waals surface area contributed by atoms with E-state index in [2.05, 4.69) is 30.7 Å². The van der Waals surface area contributed by atoms with E-state index in [1.54, 1.807) is 12.3 Å². The van der Waals surface area contributed by atoms with Crippen molar-refractivity contribution in [1.82, 2.24) is 19.2 Å². The average molecular weight is 499 g/mol. The fourth-order valence-corrected chi connectivity index (χ4v) is 3.73. The highest BCUT2D eigenvalue weighted by molar-refractivity contribution is 9.10. The Kier molecular flexibility index (Phi) is 9.69. The van der Waals surface area contributed by atoms with E-state index in [0.717, 1.165) is 70.2 Å². The first kappa shape index (κ1) is 24.1. The monoisotopic (exact) mass is 498 g/mol. The number of nitrogens with zero attached hydrogens (tertiary/aromatic N) is 4. The number of morpholine rings is 2. The number of β-amino-alcohol motifs (C(OH)–C–C–N with tert-alkyl or cyclic N) is 1. The van der Waals surface area contributed by atoms with Crippen LogP contribution >= 0.6 is 15.9 Å². The maximum absolute atomic E-state index is 12.0. The molecule has 4 heterocycles. The van der Waals surface area contributed by atoms with Gasteiger partial charge in [0, 0.05) is 49.9 Å². The second kappa shape index (κ2) is 12.5. The summed E-state index contributed by atoms with van der Waals surface area (Å²) in [5.74, 6) is 0.371. The predicted molar refractivity (Wildman–Crippen MR) is 121 cm³/mol. The van der Waals surface area contributed by atoms with Crippen LogP contribution in [-0.2, 0) is 9.47 Å². The smallest absolute Gasteiger partial charge is 0.261 e. The van der Waals surface area contributed by atoms with Crippen molar-refractivity contribution in [3.8, 4) is 5.88 Å². The maximum Gasteiger partial charge on any atom is 0.261 e. The van der Waals surface area contributed by atoms with Crippen molar-refractivity contribution in [3.05, 3.63) is 39.2 Å². The molecule has 172 valence electrons. The van der Waals surface area contributed by atoms with Crippen molar-refractivity contribution in [2.45, 2.75) is 13.0 Å². The Morgan fingerprint density at radius 3 is 2.42 bits per heavy atom. The fourth-order valence-electron chi connectivity index (χ4n) is 3.39. The van der Waals surface area contributed by atoms with E-state index in [-0.39, 0.29) is 11.7 Å². The van der Waals surface area contributed by atoms with E-state index in [1.807, 2.05) is 13.0 Å². The van der Waals surface area contributed by atoms with E-state index in [4.69, 9.17) is 19.3 Å². The van der Waals surface area contributed by atoms with Crippen LogP contribution in [0.2, 0.25) is 0 Å². The number of halogens is 1. The Balaban J connectivity index is 0.000000229. The molecule has 1 unspecified atom stereocenters. The lowest BCUT2D eigenvalue weighted by Gasteiger charge is -2.27. The van der Waals surface area contributed by atoms with Gasteiger partial charge in [0.15, 0.2) is 0 Å². The summed E-state index contributed by atoms with van der Waals surface area (Å²) in [6, 6.07) is 5.04. The molecule has 2 saturated heterocycles. The molecule has 2 aliphatic rings. The standard InChI is InChI=1S/C14H16BrN3O3.C7H15NO2/c15-11-1-2-12-16-13(9-14(19)18(12)10-11)21-8-5-17-3-6-20-7-4-17;1-7(9)6-8-2-4-10-5-3-8/h1-2,9-10H,3-8H2;7,9H,2-6H2,1H3. The molecule has 2 aliphatic heterocycles. The molecule has 2 fully saturated rings. The van der Waals surface area contributed by atoms with Gasteiger partial charge < -0.3 is 19.3 Å². The van der Waals surface area contributed by atoms with Gasteiger partial charge >= 0.3 is 0 Å². The van der Waals surface area contributed by atoms with E-state index in [9.17, 15) is 4.79 Å². The van der Waals surface area contributed by atoms with Gasteiger partial charge in [0.1, 0.15) is 12.3 Å². The van der Waals surface area contributed by atoms with E-state index < -0.39 is 0 Å². The molecule has 2 aromatic rings. The van der Waals surface area contributed by atoms with Crippen molar-refractivity contribution in [1.29, 1.82) is 0 Å². The summed E-state index contributed by atoms with van der Waals surface area (Å²) >= 11 is 3.34. The normalized spacial score (nSPS) is 18.9. The number of hydrogen-bond donors (Lipinski definition) is 1. The summed E-state index contributed by atoms with van der Waals surface area (Å²) in [4.78, 5) is 20.8. The van der Waals surface area contributed by atoms with Crippen molar-refractivity contribution in [2.24, 2.45) is 0 Å². The number of aromatic nitrogens is 2. The van der Waals surface area contributed by atoms with Crippen molar-refractivity contribution >= 4 is 21.6 Å². The molecule has 0 amide bonds. The largest absolute Gasteiger partial charge is 0.476 e. The molecule has 0 radical (unpaired) electrons. The summed E-state index contributed by atoms with van der Waals surface area (Å²) in [5.41, 5.74) is 0.426. The summed E-state index contributed by atoms with van der Waals surface area (Å²) < 4.78 is 18.4. The Morgan fingerprint density at radius 2 is 1.77 bits per heavy atom. The minimum absolute atomic E-state index is 0.150. The van der Waals surface area contributed by atoms with Gasteiger partial charge in [-0.05, 0) is 35.0 Å². The third-order valence-electron chi connectivity index (χ3n) is 4.99. The van der Waals surface area contributed by atoms with Crippen molar-refractivity contribution in [2.75, 3.05) is 72.3 Å². The lowest BCUT2D eigenvalue weighted by atomic mass is 10.3. The highest BCUT2D eigenvalue weighted by Crippen LogP contribution is 2.11. The molecule has 0 aromatic carbocycles. The summed E-state index contributed by atoms with van der Waals surface area (Å²) in [5, 5.41) is 9.02. The SMILES string of the molecule is CC(O)CN1CCOCC1.O=c1cc(OCCN2CCOCC2)nc2ccc(Br)cn12. The lowest BCUT2D eigenvalue weighted by molar-refractivity contribution is 0.0181. The highest BCUT2D eigenvalue weighted by Gasteiger charge is 2.12. The molecule has 1 N–H and O–H groups in total. The number of aliphatic hydroxyl groups excluding tert-OH is 1. The van der Waals surface area contributed by atoms with Gasteiger partial charge in [-0.25, -0.2) is 0 Å². The molecule has 10 heteroatoms. The zero-order valence-corrected chi connectivity index (χ0v) is 19.5. The first-order valence-corrected chi connectivity index (χ1v) is 11.4. The van der Waals surface area contributed by atoms with Crippen molar-refractivity contribution < 1.29 is 19.3 Å². The molecule has 0 spiro atoms. The molecule has 9 nitrogen and oxygen atoms in total. The Hall–Kier alpha value is -1.56. The van der Waals surface area contributed by atoms with Gasteiger partial charge in [0.2, 0.25) is 5.88 Å². The second-order valence-electron chi connectivity index (χ2n) is 7.57. The molecule has 0 bridgehead atoms. The van der Waals surface area contributed by atoms with Gasteiger partial charge in [0.05, 0.1) is 38.6 Å². The Morgan fingerprint density at radius 1 is 1.13 bits per heavy atom. The second-order valence-corrected chi connectivity index (χ2v) is 8.49. The lowest BCUT2D eigenvalue weighted by Crippen LogP contribution is -2.40. The average Bonchev–Trinajstić information content (AvgIpc) is 2.76. The van der Waals surface area contributed by atoms with E-state index in [0.29, 0.717) is 18.1 Å². The number of fused-ring (bicyclic) bond motifs is 1. The summed E-state index contributed by atoms with van der Waals surface area (Å²) in [6.07, 6.45) is 1.49. The first-order valence-electron chi connectivity index (χ1n) is 10.6. The number of rotatable bonds is 6. The third kappa shape index (κ3) is 8.13. The minimum Gasteiger partial charge on any atom is -0.476 e. The molecule has 2 aromatic heterocycles. The van der Waals surface area contributed by atoms with Gasteiger partial charge in [-0.1, -0.05) is 0 Å². The molecule has 1 atom stereocenters. The Bertz CT molecular complexity index is 866. The van der Waals surface area contributed by atoms with Crippen LogP contribution in [0.25, 0.3) is 5.65 Å². The van der Waals surface area contributed by atoms with Crippen LogP contribution in [0.3, 0.4) is 0 Å². The number of aliphatic hydroxyl groups is 1. The van der Waals surface area contributed by atoms with Gasteiger partial charge in [-0.15, -0.1) is 0 Å². The first-order chi connectivity index (χ1) is 15.0. The number of pyridine rings is 1. The molecule has 0 saturated carbocycles. The fraction of sp³-hybridized carbons (Fsp3) is 0.619. The van der Waals surface area contributed by atoms with Crippen LogP contribution in [0, 0.1) is 0 Å². The molecular weight excluding hydrogens is 468 g/mol. The van der Waals surface area contributed by atoms with Crippen LogP contribution in [0.4, 0.5) is 0 Å². The number of ether oxygens (including phenoxy) is 3. The minimum atomic E-state index is -0.210. The molecule has 4 rings (SSSR count). The summed E-state index contributed by atoms with van der Waals surface area (Å²) in [7, 11) is 0. The van der Waals surface area contributed by atoms with E-state index >= 15 is 0 Å². The Labute approximate surface area is 190 Å². The topological polar surface area (TPSA) is 88.8 Å². The molecule has 0 aliphatic carbocycles. The van der Waals surface area contributed by atoms with Crippen molar-refractivity contribution in [3.63, 3.8) is 0 Å². The molecular formula is C21H31BrN4O5. The summed E-state index contributed by atoms with van der Waals surface area (Å²) in [6.45, 7) is 10.9. The van der Waals surface area contributed by atoms with Gasteiger partial charge in [-0.2, -0.15) is 4.98 Å². The van der Waals surface area contributed by atoms with Crippen LogP contribution in [0.15, 0.2) is 33.7 Å². The van der Waals surface area contributed by atoms with Crippen LogP contribution in [0.1, 0.15) is 6.92 Å². The quantitative estimate of drug-likeness (QED) is 0.627. The zero-order chi connectivity index (χ0) is 22.1. The molecule has 31 heavy (non-hydrogen) atoms. The van der Waals surface area contributed by atoms with Crippen LogP contribution < -0.4 is 10.3 Å². The van der Waals surface area contributed by atoms with Gasteiger partial charge in [-0.3, -0.25) is 19.0 Å². The van der Waals surface area contributed by atoms with Crippen LogP contribution in [0.5, 0.6) is 5.88 Å². The highest BCUT2D eigenvalue weighted by atomic mass is 79.9. The maximum atomic E-state index is 12.0. The van der Waals surface area contributed by atoms with Crippen LogP contribution in [-0.4, -0.2) is 103 Å².